The third-order valence-corrected chi connectivity index (χ3v) is 21.9. The fraction of sp³-hybridized carbons (Fsp3) is 0.612. The van der Waals surface area contributed by atoms with Crippen molar-refractivity contribution in [2.75, 3.05) is 45.0 Å². The minimum Gasteiger partial charge on any atom is -0.468 e. The predicted octanol–water partition coefficient (Wildman–Crippen LogP) is 10.8. The maximum absolute atomic E-state index is 18.1. The summed E-state index contributed by atoms with van der Waals surface area (Å²) in [4.78, 5) is 20.0. The molecule has 0 N–H and O–H groups in total. The Kier molecular flexibility index (Phi) is 11.3. The first-order chi connectivity index (χ1) is 29.3. The van der Waals surface area contributed by atoms with E-state index in [1.54, 1.807) is 19.2 Å². The average molecular weight is 854 g/mol. The highest BCUT2D eigenvalue weighted by molar-refractivity contribution is 6.90. The van der Waals surface area contributed by atoms with Crippen LogP contribution in [0.1, 0.15) is 105 Å². The Labute approximate surface area is 360 Å². The van der Waals surface area contributed by atoms with Crippen molar-refractivity contribution in [3.63, 3.8) is 0 Å². The highest BCUT2D eigenvalue weighted by atomic mass is 28.3. The average Bonchev–Trinajstić information content (AvgIpc) is 3.87. The summed E-state index contributed by atoms with van der Waals surface area (Å²) < 4.78 is 67.4. The second-order valence-corrected chi connectivity index (χ2v) is 25.4. The van der Waals surface area contributed by atoms with Gasteiger partial charge in [0.15, 0.2) is 12.6 Å². The summed E-state index contributed by atoms with van der Waals surface area (Å²) in [5.74, 6) is 4.71. The van der Waals surface area contributed by atoms with Crippen molar-refractivity contribution in [1.82, 2.24) is 19.9 Å². The van der Waals surface area contributed by atoms with E-state index in [1.807, 2.05) is 6.07 Å². The fourth-order valence-electron chi connectivity index (χ4n) is 12.9. The van der Waals surface area contributed by atoms with Gasteiger partial charge in [0.05, 0.1) is 22.2 Å². The zero-order chi connectivity index (χ0) is 43.0. The highest BCUT2D eigenvalue weighted by Crippen LogP contribution is 2.51. The molecule has 4 aliphatic heterocycles. The van der Waals surface area contributed by atoms with Crippen LogP contribution in [0.25, 0.3) is 32.9 Å². The van der Waals surface area contributed by atoms with Crippen molar-refractivity contribution < 1.29 is 27.4 Å². The van der Waals surface area contributed by atoms with E-state index in [0.29, 0.717) is 81.1 Å². The van der Waals surface area contributed by atoms with Crippen molar-refractivity contribution >= 4 is 35.6 Å². The number of benzene rings is 2. The Bertz CT molecular complexity index is 2380. The van der Waals surface area contributed by atoms with E-state index in [0.717, 1.165) is 44.5 Å². The van der Waals surface area contributed by atoms with Crippen molar-refractivity contribution in [3.8, 4) is 34.5 Å². The lowest BCUT2D eigenvalue weighted by Gasteiger charge is -2.44. The molecule has 12 heteroatoms. The van der Waals surface area contributed by atoms with Crippen LogP contribution in [0.5, 0.6) is 11.8 Å². The third kappa shape index (κ3) is 7.09. The Morgan fingerprint density at radius 2 is 1.75 bits per heavy atom. The second kappa shape index (κ2) is 16.3. The maximum Gasteiger partial charge on any atom is 0.319 e. The van der Waals surface area contributed by atoms with Gasteiger partial charge in [0.25, 0.3) is 0 Å². The number of hydrogen-bond donors (Lipinski definition) is 0. The SMILES string of the molecule is CC[C@H]1Cc2nc(-c3cc(OCOC)cc4ccc(F)c(C#C[Si](C(C)C)(C(C)C)C(C)C)c34)c(F)c3nc(OC[C@@]45CCCN4C[C@H](F)C5)nc(c23)N2C[C@H]3CC[C@H](C3)[C@H]12. The van der Waals surface area contributed by atoms with Crippen LogP contribution in [-0.4, -0.2) is 85.8 Å². The Hall–Kier alpha value is -3.92. The van der Waals surface area contributed by atoms with Crippen molar-refractivity contribution in [1.29, 1.82) is 0 Å². The quantitative estimate of drug-likeness (QED) is 0.0839. The number of halogens is 3. The van der Waals surface area contributed by atoms with Gasteiger partial charge in [0.2, 0.25) is 0 Å². The van der Waals surface area contributed by atoms with Crippen LogP contribution < -0.4 is 14.4 Å². The largest absolute Gasteiger partial charge is 0.468 e. The molecule has 1 aliphatic carbocycles. The van der Waals surface area contributed by atoms with Crippen molar-refractivity contribution in [2.45, 2.75) is 134 Å². The zero-order valence-electron chi connectivity index (χ0n) is 37.2. The van der Waals surface area contributed by atoms with Crippen LogP contribution in [0, 0.1) is 40.9 Å². The molecule has 8 nitrogen and oxygen atoms in total. The first kappa shape index (κ1) is 42.4. The number of pyridine rings is 1. The van der Waals surface area contributed by atoms with Gasteiger partial charge in [-0.1, -0.05) is 66.9 Å². The Balaban J connectivity index is 1.29. The molecular weight excluding hydrogens is 792 g/mol. The number of ether oxygens (including phenoxy) is 3. The molecule has 0 amide bonds. The first-order valence-electron chi connectivity index (χ1n) is 22.9. The van der Waals surface area contributed by atoms with Gasteiger partial charge in [0, 0.05) is 43.6 Å². The van der Waals surface area contributed by atoms with E-state index in [9.17, 15) is 4.39 Å². The van der Waals surface area contributed by atoms with E-state index in [2.05, 4.69) is 69.7 Å². The molecule has 6 heterocycles. The highest BCUT2D eigenvalue weighted by Gasteiger charge is 2.50. The number of anilines is 1. The Morgan fingerprint density at radius 3 is 2.49 bits per heavy atom. The van der Waals surface area contributed by atoms with Crippen molar-refractivity contribution in [3.05, 3.63) is 47.2 Å². The summed E-state index contributed by atoms with van der Waals surface area (Å²) in [6, 6.07) is 7.03. The van der Waals surface area contributed by atoms with E-state index >= 15 is 8.78 Å². The van der Waals surface area contributed by atoms with Gasteiger partial charge in [-0.15, -0.1) is 5.54 Å². The predicted molar refractivity (Wildman–Crippen MR) is 239 cm³/mol. The normalized spacial score (nSPS) is 26.0. The number of nitrogens with zero attached hydrogens (tertiary/aromatic N) is 5. The molecule has 4 fully saturated rings. The standard InChI is InChI=1S/C49H62F3N5O3Si/c1-9-32-21-40-42-45(54-48(59-26-49-16-10-17-56(49)25-35(50)23-49)55-47(42)57-24-31-11-12-34(19-31)46(32)57)43(52)44(53-40)38-22-36(60-27-58-8)20-33-13-14-39(51)37(41(33)38)15-18-61(28(2)3,29(4)5)30(6)7/h13-14,20,22,28-32,34-35,46H,9-12,16-17,19,21,23-27H2,1-8H3/t31-,32-,34+,35+,46-,49-/m0/s1. The molecule has 3 saturated heterocycles. The van der Waals surface area contributed by atoms with Gasteiger partial charge in [-0.2, -0.15) is 9.97 Å². The van der Waals surface area contributed by atoms with Crippen LogP contribution >= 0.6 is 0 Å². The number of alkyl halides is 1. The lowest BCUT2D eigenvalue weighted by atomic mass is 9.80. The number of aromatic nitrogens is 3. The molecular formula is C49H62F3N5O3Si. The van der Waals surface area contributed by atoms with Gasteiger partial charge in [0.1, 0.15) is 49.4 Å². The maximum atomic E-state index is 18.1. The van der Waals surface area contributed by atoms with Crippen molar-refractivity contribution in [2.24, 2.45) is 17.8 Å². The molecule has 2 bridgehead atoms. The number of methoxy groups -OCH3 is 1. The van der Waals surface area contributed by atoms with Gasteiger partial charge < -0.3 is 19.1 Å². The Morgan fingerprint density at radius 1 is 0.967 bits per heavy atom. The van der Waals surface area contributed by atoms with E-state index in [-0.39, 0.29) is 48.1 Å². The molecule has 0 radical (unpaired) electrons. The lowest BCUT2D eigenvalue weighted by molar-refractivity contribution is 0.0512. The monoisotopic (exact) mass is 853 g/mol. The molecule has 1 saturated carbocycles. The minimum absolute atomic E-state index is 0.0279. The summed E-state index contributed by atoms with van der Waals surface area (Å²) in [7, 11) is -0.754. The van der Waals surface area contributed by atoms with Gasteiger partial charge in [-0.3, -0.25) is 4.90 Å². The van der Waals surface area contributed by atoms with Crippen LogP contribution in [-0.2, 0) is 11.2 Å². The van der Waals surface area contributed by atoms with Crippen LogP contribution in [0.15, 0.2) is 24.3 Å². The molecule has 2 aromatic heterocycles. The van der Waals surface area contributed by atoms with Crippen LogP contribution in [0.4, 0.5) is 19.0 Å². The van der Waals surface area contributed by atoms with E-state index in [4.69, 9.17) is 29.2 Å². The van der Waals surface area contributed by atoms with E-state index in [1.165, 1.54) is 18.9 Å². The van der Waals surface area contributed by atoms with Gasteiger partial charge in [-0.25, -0.2) is 18.2 Å². The molecule has 326 valence electrons. The molecule has 61 heavy (non-hydrogen) atoms. The number of piperidine rings is 1. The molecule has 9 rings (SSSR count). The fourth-order valence-corrected chi connectivity index (χ4v) is 18.1. The molecule has 6 atom stereocenters. The van der Waals surface area contributed by atoms with Gasteiger partial charge >= 0.3 is 6.01 Å². The molecule has 0 unspecified atom stereocenters. The number of rotatable bonds is 11. The summed E-state index contributed by atoms with van der Waals surface area (Å²) >= 11 is 0. The molecule has 0 spiro atoms. The summed E-state index contributed by atoms with van der Waals surface area (Å²) in [5, 5.41) is 1.76. The van der Waals surface area contributed by atoms with E-state index < -0.39 is 31.4 Å². The second-order valence-electron chi connectivity index (χ2n) is 19.8. The molecule has 5 aliphatic rings. The first-order valence-corrected chi connectivity index (χ1v) is 25.1. The van der Waals surface area contributed by atoms with Crippen LogP contribution in [0.3, 0.4) is 0 Å². The molecule has 2 aromatic carbocycles. The molecule has 4 aromatic rings. The van der Waals surface area contributed by atoms with Gasteiger partial charge in [-0.05, 0) is 103 Å². The number of fused-ring (bicyclic) bond motifs is 7. The minimum atomic E-state index is -2.30. The summed E-state index contributed by atoms with van der Waals surface area (Å²) in [6.45, 7) is 17.9. The lowest BCUT2D eigenvalue weighted by Crippen LogP contribution is -2.50. The zero-order valence-corrected chi connectivity index (χ0v) is 38.2. The van der Waals surface area contributed by atoms with Crippen LogP contribution in [0.2, 0.25) is 16.6 Å². The number of hydrogen-bond acceptors (Lipinski definition) is 8. The third-order valence-electron chi connectivity index (χ3n) is 15.6. The topological polar surface area (TPSA) is 72.8 Å². The summed E-state index contributed by atoms with van der Waals surface area (Å²) in [6.07, 6.45) is 6.39. The summed E-state index contributed by atoms with van der Waals surface area (Å²) in [5.41, 5.74) is 5.83. The smallest absolute Gasteiger partial charge is 0.319 e.